The van der Waals surface area contributed by atoms with E-state index in [0.717, 1.165) is 51.4 Å². The quantitative estimate of drug-likeness (QED) is 0.0215. The Bertz CT molecular complexity index is 1280. The molecule has 430 valence electrons. The predicted molar refractivity (Wildman–Crippen MR) is 302 cm³/mol. The van der Waals surface area contributed by atoms with Gasteiger partial charge in [0.1, 0.15) is 36.6 Å². The molecule has 11 heteroatoms. The SMILES string of the molecule is CCCCCCCCCCC/C=C\C/C=C\CCCCCCCCCCC(O)C(=O)NC(COC1OC(CO)C(O)C(O)C1O)C(O)C(O)CCC/C=C/CCCCCCCCCCCCCCCCCCC. The van der Waals surface area contributed by atoms with E-state index in [-0.39, 0.29) is 12.8 Å². The lowest BCUT2D eigenvalue weighted by Crippen LogP contribution is -2.60. The van der Waals surface area contributed by atoms with Crippen molar-refractivity contribution in [2.75, 3.05) is 13.2 Å². The minimum Gasteiger partial charge on any atom is -0.394 e. The van der Waals surface area contributed by atoms with Crippen LogP contribution < -0.4 is 5.32 Å². The van der Waals surface area contributed by atoms with Crippen molar-refractivity contribution in [1.82, 2.24) is 5.32 Å². The third kappa shape index (κ3) is 39.4. The maximum absolute atomic E-state index is 13.2. The second-order valence-corrected chi connectivity index (χ2v) is 21.8. The van der Waals surface area contributed by atoms with Crippen LogP contribution in [-0.2, 0) is 14.3 Å². The monoisotopic (exact) mass is 1040 g/mol. The van der Waals surface area contributed by atoms with E-state index >= 15 is 0 Å². The number of carbonyl (C=O) groups is 1. The summed E-state index contributed by atoms with van der Waals surface area (Å²) in [6, 6.07) is -1.19. The molecule has 1 aliphatic rings. The predicted octanol–water partition coefficient (Wildman–Crippen LogP) is 13.5. The van der Waals surface area contributed by atoms with Gasteiger partial charge in [-0.25, -0.2) is 0 Å². The molecule has 1 rings (SSSR count). The first-order chi connectivity index (χ1) is 35.7. The lowest BCUT2D eigenvalue weighted by Gasteiger charge is -2.40. The average molecular weight is 1040 g/mol. The molecular formula is C62H117NO10. The largest absolute Gasteiger partial charge is 0.394 e. The van der Waals surface area contributed by atoms with Gasteiger partial charge in [-0.15, -0.1) is 0 Å². The molecule has 0 spiro atoms. The summed E-state index contributed by atoms with van der Waals surface area (Å²) in [5, 5.41) is 76.2. The van der Waals surface area contributed by atoms with Gasteiger partial charge in [-0.1, -0.05) is 249 Å². The summed E-state index contributed by atoms with van der Waals surface area (Å²) in [6.45, 7) is 3.47. The molecule has 0 radical (unpaired) electrons. The van der Waals surface area contributed by atoms with E-state index in [1.807, 2.05) is 0 Å². The van der Waals surface area contributed by atoms with E-state index in [4.69, 9.17) is 9.47 Å². The van der Waals surface area contributed by atoms with Crippen molar-refractivity contribution in [3.05, 3.63) is 36.5 Å². The highest BCUT2D eigenvalue weighted by Gasteiger charge is 2.44. The number of aliphatic hydroxyl groups is 7. The highest BCUT2D eigenvalue weighted by atomic mass is 16.7. The molecule has 9 atom stereocenters. The molecule has 0 aromatic heterocycles. The van der Waals surface area contributed by atoms with Crippen LogP contribution in [0, 0.1) is 0 Å². The molecule has 0 aromatic carbocycles. The molecular weight excluding hydrogens is 919 g/mol. The van der Waals surface area contributed by atoms with Crippen LogP contribution in [0.3, 0.4) is 0 Å². The fraction of sp³-hybridized carbons (Fsp3) is 0.887. The van der Waals surface area contributed by atoms with Crippen LogP contribution in [0.15, 0.2) is 36.5 Å². The number of allylic oxidation sites excluding steroid dienone is 6. The van der Waals surface area contributed by atoms with Crippen molar-refractivity contribution in [2.24, 2.45) is 0 Å². The van der Waals surface area contributed by atoms with E-state index in [9.17, 15) is 40.5 Å². The van der Waals surface area contributed by atoms with E-state index in [2.05, 4.69) is 55.6 Å². The van der Waals surface area contributed by atoms with E-state index in [0.29, 0.717) is 12.8 Å². The zero-order valence-corrected chi connectivity index (χ0v) is 47.1. The number of amides is 1. The van der Waals surface area contributed by atoms with Crippen molar-refractivity contribution in [2.45, 2.75) is 339 Å². The molecule has 73 heavy (non-hydrogen) atoms. The minimum absolute atomic E-state index is 0.247. The van der Waals surface area contributed by atoms with Crippen LogP contribution in [0.4, 0.5) is 0 Å². The number of rotatable bonds is 53. The molecule has 1 saturated heterocycles. The van der Waals surface area contributed by atoms with Crippen molar-refractivity contribution in [1.29, 1.82) is 0 Å². The Morgan fingerprint density at radius 1 is 0.479 bits per heavy atom. The number of hydrogen-bond donors (Lipinski definition) is 8. The van der Waals surface area contributed by atoms with Crippen LogP contribution in [0.2, 0.25) is 0 Å². The Morgan fingerprint density at radius 3 is 1.26 bits per heavy atom. The maximum Gasteiger partial charge on any atom is 0.249 e. The first kappa shape index (κ1) is 69.3. The highest BCUT2D eigenvalue weighted by molar-refractivity contribution is 5.80. The molecule has 9 unspecified atom stereocenters. The number of aliphatic hydroxyl groups excluding tert-OH is 7. The van der Waals surface area contributed by atoms with Gasteiger partial charge < -0.3 is 50.5 Å². The van der Waals surface area contributed by atoms with E-state index in [1.54, 1.807) is 0 Å². The van der Waals surface area contributed by atoms with Crippen LogP contribution >= 0.6 is 0 Å². The first-order valence-electron chi connectivity index (χ1n) is 30.9. The average Bonchev–Trinajstić information content (AvgIpc) is 3.39. The fourth-order valence-corrected chi connectivity index (χ4v) is 9.89. The second kappa shape index (κ2) is 51.1. The number of nitrogens with one attached hydrogen (secondary N) is 1. The van der Waals surface area contributed by atoms with Crippen molar-refractivity contribution in [3.8, 4) is 0 Å². The van der Waals surface area contributed by atoms with Crippen LogP contribution in [0.5, 0.6) is 0 Å². The molecule has 0 saturated carbocycles. The summed E-state index contributed by atoms with van der Waals surface area (Å²) in [5.41, 5.74) is 0. The number of carbonyl (C=O) groups excluding carboxylic acids is 1. The van der Waals surface area contributed by atoms with Gasteiger partial charge in [0.2, 0.25) is 5.91 Å². The Kier molecular flexibility index (Phi) is 48.5. The van der Waals surface area contributed by atoms with Crippen LogP contribution in [-0.4, -0.2) is 110 Å². The third-order valence-corrected chi connectivity index (χ3v) is 14.9. The van der Waals surface area contributed by atoms with Crippen LogP contribution in [0.25, 0.3) is 0 Å². The summed E-state index contributed by atoms with van der Waals surface area (Å²) in [6.07, 6.45) is 52.0. The molecule has 1 aliphatic heterocycles. The molecule has 0 bridgehead atoms. The molecule has 1 fully saturated rings. The fourth-order valence-electron chi connectivity index (χ4n) is 9.89. The van der Waals surface area contributed by atoms with Gasteiger partial charge in [0, 0.05) is 0 Å². The van der Waals surface area contributed by atoms with E-state index in [1.165, 1.54) is 193 Å². The van der Waals surface area contributed by atoms with Crippen LogP contribution in [0.1, 0.15) is 284 Å². The van der Waals surface area contributed by atoms with Gasteiger partial charge in [-0.2, -0.15) is 0 Å². The highest BCUT2D eigenvalue weighted by Crippen LogP contribution is 2.23. The Balaban J connectivity index is 2.31. The summed E-state index contributed by atoms with van der Waals surface area (Å²) in [7, 11) is 0. The van der Waals surface area contributed by atoms with E-state index < -0.39 is 74.2 Å². The van der Waals surface area contributed by atoms with Crippen molar-refractivity contribution >= 4 is 5.91 Å². The lowest BCUT2D eigenvalue weighted by atomic mass is 9.98. The second-order valence-electron chi connectivity index (χ2n) is 21.8. The third-order valence-electron chi connectivity index (χ3n) is 14.9. The topological polar surface area (TPSA) is 189 Å². The normalized spacial score (nSPS) is 20.2. The molecule has 8 N–H and O–H groups in total. The zero-order valence-electron chi connectivity index (χ0n) is 47.1. The number of hydrogen-bond acceptors (Lipinski definition) is 10. The summed E-state index contributed by atoms with van der Waals surface area (Å²) in [5.74, 6) is -0.708. The summed E-state index contributed by atoms with van der Waals surface area (Å²) in [4.78, 5) is 13.2. The smallest absolute Gasteiger partial charge is 0.249 e. The summed E-state index contributed by atoms with van der Waals surface area (Å²) >= 11 is 0. The van der Waals surface area contributed by atoms with Crippen molar-refractivity contribution < 1.29 is 50.0 Å². The van der Waals surface area contributed by atoms with Gasteiger partial charge >= 0.3 is 0 Å². The lowest BCUT2D eigenvalue weighted by molar-refractivity contribution is -0.303. The first-order valence-corrected chi connectivity index (χ1v) is 30.9. The number of ether oxygens (including phenoxy) is 2. The molecule has 1 amide bonds. The van der Waals surface area contributed by atoms with Gasteiger partial charge in [0.25, 0.3) is 0 Å². The zero-order chi connectivity index (χ0) is 53.3. The minimum atomic E-state index is -1.67. The van der Waals surface area contributed by atoms with Gasteiger partial charge in [-0.05, 0) is 70.6 Å². The summed E-state index contributed by atoms with van der Waals surface area (Å²) < 4.78 is 11.1. The Hall–Kier alpha value is -1.67. The van der Waals surface area contributed by atoms with Crippen molar-refractivity contribution in [3.63, 3.8) is 0 Å². The maximum atomic E-state index is 13.2. The van der Waals surface area contributed by atoms with Gasteiger partial charge in [-0.3, -0.25) is 4.79 Å². The standard InChI is InChI=1S/C62H117NO10/c1-3-5-7-9-11-13-15-17-19-21-23-25-27-28-30-32-34-36-38-40-42-44-46-48-50-55(66)61(71)63-53(52-72-62-60(70)59(69)58(68)56(51-64)73-62)57(67)54(65)49-47-45-43-41-39-37-35-33-31-29-26-24-22-20-18-16-14-12-10-8-6-4-2/h23,25,28,30,41,43,53-60,62,64-70H,3-22,24,26-27,29,31-40,42,44-52H2,1-2H3,(H,63,71)/b25-23-,30-28-,43-41+. The molecule has 11 nitrogen and oxygen atoms in total. The molecule has 0 aliphatic carbocycles. The Morgan fingerprint density at radius 2 is 0.849 bits per heavy atom. The molecule has 1 heterocycles. The number of unbranched alkanes of at least 4 members (excludes halogenated alkanes) is 35. The van der Waals surface area contributed by atoms with Gasteiger partial charge in [0.15, 0.2) is 6.29 Å². The van der Waals surface area contributed by atoms with Gasteiger partial charge in [0.05, 0.1) is 25.4 Å². The molecule has 0 aromatic rings. The Labute approximate surface area is 447 Å².